The van der Waals surface area contributed by atoms with Crippen molar-refractivity contribution in [2.75, 3.05) is 26.9 Å². The molecular formula is C48H75N7O6S7. The van der Waals surface area contributed by atoms with Gasteiger partial charge in [0.15, 0.2) is 0 Å². The van der Waals surface area contributed by atoms with Crippen molar-refractivity contribution in [2.45, 2.75) is 117 Å². The average Bonchev–Trinajstić information content (AvgIpc) is 4.10. The molecule has 380 valence electrons. The Morgan fingerprint density at radius 3 is 2.04 bits per heavy atom. The van der Waals surface area contributed by atoms with E-state index in [1.54, 1.807) is 0 Å². The van der Waals surface area contributed by atoms with Crippen LogP contribution in [0.1, 0.15) is 115 Å². The number of nitrogens with one attached hydrogen (secondary N) is 3. The number of methoxy groups -OCH3 is 1. The van der Waals surface area contributed by atoms with Crippen LogP contribution in [0.3, 0.4) is 0 Å². The van der Waals surface area contributed by atoms with Gasteiger partial charge in [0.2, 0.25) is 11.8 Å². The zero-order chi connectivity index (χ0) is 42.6. The quantitative estimate of drug-likeness (QED) is 0.150. The van der Waals surface area contributed by atoms with E-state index in [1.807, 2.05) is 38.1 Å². The highest BCUT2D eigenvalue weighted by Gasteiger charge is 2.50. The van der Waals surface area contributed by atoms with Crippen molar-refractivity contribution in [1.29, 1.82) is 0 Å². The molecule has 0 bridgehead atoms. The molecular weight excluding hydrogens is 995 g/mol. The second-order valence-corrected chi connectivity index (χ2v) is 19.1. The third kappa shape index (κ3) is 12.0. The van der Waals surface area contributed by atoms with E-state index in [9.17, 15) is 14.4 Å². The number of likely N-dealkylation sites (tertiary alicyclic amines) is 2. The summed E-state index contributed by atoms with van der Waals surface area (Å²) < 4.78 is 17.3. The summed E-state index contributed by atoms with van der Waals surface area (Å²) in [6, 6.07) is 11.8. The molecule has 2 aromatic carbocycles. The minimum absolute atomic E-state index is 0. The largest absolute Gasteiger partial charge is 0.488 e. The highest BCUT2D eigenvalue weighted by atomic mass is 32.1. The van der Waals surface area contributed by atoms with Crippen LogP contribution in [0.15, 0.2) is 48.8 Å². The van der Waals surface area contributed by atoms with Crippen molar-refractivity contribution >= 4 is 112 Å². The number of amides is 3. The summed E-state index contributed by atoms with van der Waals surface area (Å²) in [6.07, 6.45) is 11.2. The molecule has 13 nitrogen and oxygen atoms in total. The maximum absolute atomic E-state index is 14.3. The van der Waals surface area contributed by atoms with E-state index in [-0.39, 0.29) is 148 Å². The van der Waals surface area contributed by atoms with Gasteiger partial charge in [-0.3, -0.25) is 9.59 Å². The Kier molecular flexibility index (Phi) is 23.1. The van der Waals surface area contributed by atoms with E-state index in [4.69, 9.17) is 24.2 Å². The van der Waals surface area contributed by atoms with Gasteiger partial charge in [0, 0.05) is 41.7 Å². The van der Waals surface area contributed by atoms with Crippen LogP contribution in [0.25, 0.3) is 33.6 Å². The predicted octanol–water partition coefficient (Wildman–Crippen LogP) is 9.39. The summed E-state index contributed by atoms with van der Waals surface area (Å²) >= 11 is 0. The van der Waals surface area contributed by atoms with E-state index in [2.05, 4.69) is 70.4 Å². The molecule has 4 aliphatic heterocycles. The summed E-state index contributed by atoms with van der Waals surface area (Å²) in [5.41, 5.74) is 6.96. The van der Waals surface area contributed by atoms with Gasteiger partial charge < -0.3 is 39.3 Å². The molecule has 2 aromatic heterocycles. The number of H-pyrrole nitrogens is 2. The molecule has 4 aromatic rings. The summed E-state index contributed by atoms with van der Waals surface area (Å²) in [4.78, 5) is 61.5. The van der Waals surface area contributed by atoms with Gasteiger partial charge in [-0.25, -0.2) is 14.8 Å². The van der Waals surface area contributed by atoms with Crippen molar-refractivity contribution in [2.24, 2.45) is 29.1 Å². The lowest BCUT2D eigenvalue weighted by Gasteiger charge is -2.36. The Morgan fingerprint density at radius 1 is 0.794 bits per heavy atom. The molecule has 1 spiro atoms. The third-order valence-electron chi connectivity index (χ3n) is 14.5. The van der Waals surface area contributed by atoms with Crippen molar-refractivity contribution in [3.63, 3.8) is 0 Å². The van der Waals surface area contributed by atoms with Crippen LogP contribution in [0.4, 0.5) is 4.79 Å². The normalized spacial score (nSPS) is 22.9. The highest BCUT2D eigenvalue weighted by Crippen LogP contribution is 2.49. The first-order valence-corrected chi connectivity index (χ1v) is 22.5. The number of alkyl carbamates (subject to hydrolysis) is 1. The fourth-order valence-electron chi connectivity index (χ4n) is 10.8. The monoisotopic (exact) mass is 1070 g/mol. The first kappa shape index (κ1) is 61.4. The summed E-state index contributed by atoms with van der Waals surface area (Å²) in [5.74, 6) is 2.98. The Balaban J connectivity index is 0.00000227. The molecule has 0 unspecified atom stereocenters. The number of carbonyl (C=O) groups excluding carboxylic acids is 3. The number of nitrogens with zero attached hydrogens (tertiary/aromatic N) is 4. The molecule has 5 aliphatic rings. The van der Waals surface area contributed by atoms with E-state index in [0.717, 1.165) is 115 Å². The molecule has 1 saturated carbocycles. The predicted molar refractivity (Wildman–Crippen MR) is 304 cm³/mol. The van der Waals surface area contributed by atoms with Gasteiger partial charge in [-0.1, -0.05) is 65.7 Å². The van der Waals surface area contributed by atoms with Gasteiger partial charge in [0.25, 0.3) is 0 Å². The van der Waals surface area contributed by atoms with Crippen LogP contribution in [0.5, 0.6) is 5.75 Å². The lowest BCUT2D eigenvalue weighted by Crippen LogP contribution is -2.53. The van der Waals surface area contributed by atoms with Crippen LogP contribution in [-0.2, 0) is 25.7 Å². The number of imidazole rings is 2. The highest BCUT2D eigenvalue weighted by molar-refractivity contribution is 7.60. The fraction of sp³-hybridized carbons (Fsp3) is 0.562. The smallest absolute Gasteiger partial charge is 0.407 e. The van der Waals surface area contributed by atoms with E-state index in [0.29, 0.717) is 25.7 Å². The second-order valence-electron chi connectivity index (χ2n) is 19.1. The average molecular weight is 1070 g/mol. The standard InChI is InChI=1S/C48H61N7O6.7H2S/c1-27(2)29(5)45(56)54-25-48(16-9-17-60-26-48)21-40(54)44-50-22-36(52-44)30-12-14-34-33(18-30)24-61-41-20-31(13-15-35(34)41)37-23-49-43(51-37)39-19-32-10-7-8-11-38(32)55(39)46(57)42(28(3)4)53-47(58)59-6;;;;;;;/h12-15,18,20,22-23,27-29,32,38-40,42H,7-11,16-17,19,21,24-26H2,1-6H3,(H,49,51)(H,50,52)(H,53,58);7*1H2/t29-,32-,38-,39-,40-,42-,48-;;;;;;;/m0......./s1. The number of rotatable bonds is 9. The van der Waals surface area contributed by atoms with Gasteiger partial charge in [0.05, 0.1) is 49.6 Å². The number of fused-ring (bicyclic) bond motifs is 4. The van der Waals surface area contributed by atoms with Crippen LogP contribution >= 0.6 is 94.5 Å². The maximum atomic E-state index is 14.3. The first-order chi connectivity index (χ1) is 29.4. The molecule has 3 amide bonds. The van der Waals surface area contributed by atoms with Gasteiger partial charge in [-0.05, 0) is 91.2 Å². The molecule has 9 rings (SSSR count). The first-order valence-electron chi connectivity index (χ1n) is 22.5. The molecule has 0 radical (unpaired) electrons. The third-order valence-corrected chi connectivity index (χ3v) is 14.5. The number of aromatic nitrogens is 4. The van der Waals surface area contributed by atoms with Crippen molar-refractivity contribution in [1.82, 2.24) is 35.1 Å². The lowest BCUT2D eigenvalue weighted by atomic mass is 9.80. The van der Waals surface area contributed by atoms with Crippen LogP contribution in [0.2, 0.25) is 0 Å². The molecule has 68 heavy (non-hydrogen) atoms. The number of ether oxygens (including phenoxy) is 3. The molecule has 20 heteroatoms. The molecule has 6 heterocycles. The molecule has 3 saturated heterocycles. The number of benzene rings is 2. The number of aromatic amines is 2. The van der Waals surface area contributed by atoms with Crippen LogP contribution in [0, 0.1) is 29.1 Å². The summed E-state index contributed by atoms with van der Waals surface area (Å²) in [7, 11) is 1.32. The zero-order valence-electron chi connectivity index (χ0n) is 40.0. The van der Waals surface area contributed by atoms with Crippen LogP contribution < -0.4 is 10.1 Å². The molecule has 4 fully saturated rings. The van der Waals surface area contributed by atoms with E-state index >= 15 is 0 Å². The summed E-state index contributed by atoms with van der Waals surface area (Å²) in [5, 5.41) is 2.80. The van der Waals surface area contributed by atoms with Gasteiger partial charge >= 0.3 is 6.09 Å². The van der Waals surface area contributed by atoms with Crippen molar-refractivity contribution in [3.05, 3.63) is 66.0 Å². The van der Waals surface area contributed by atoms with Crippen LogP contribution in [-0.4, -0.2) is 86.6 Å². The van der Waals surface area contributed by atoms with Crippen molar-refractivity contribution in [3.8, 4) is 39.4 Å². The Bertz CT molecular complexity index is 2310. The minimum atomic E-state index is -0.693. The number of hydrogen-bond donors (Lipinski definition) is 3. The zero-order valence-corrected chi connectivity index (χ0v) is 47.0. The molecule has 1 aliphatic carbocycles. The number of hydrogen-bond acceptors (Lipinski definition) is 8. The van der Waals surface area contributed by atoms with Gasteiger partial charge in [-0.15, -0.1) is 0 Å². The summed E-state index contributed by atoms with van der Waals surface area (Å²) in [6.45, 7) is 12.8. The molecule has 3 N–H and O–H groups in total. The van der Waals surface area contributed by atoms with Gasteiger partial charge in [-0.2, -0.15) is 94.5 Å². The number of carbonyl (C=O) groups is 3. The van der Waals surface area contributed by atoms with E-state index < -0.39 is 12.1 Å². The molecule has 7 atom stereocenters. The van der Waals surface area contributed by atoms with E-state index in [1.165, 1.54) is 7.11 Å². The Labute approximate surface area is 451 Å². The Hall–Kier alpha value is -2.72. The Morgan fingerprint density at radius 2 is 1.43 bits per heavy atom. The minimum Gasteiger partial charge on any atom is -0.488 e. The topological polar surface area (TPSA) is 155 Å². The second kappa shape index (κ2) is 25.6. The maximum Gasteiger partial charge on any atom is 0.407 e. The lowest BCUT2D eigenvalue weighted by molar-refractivity contribution is -0.139. The SMILES string of the molecule is COC(=O)N[C@H](C(=O)N1[C@H](c2ncc(-c3ccc4c(c3)OCc3cc(-c5cnc([C@@H]6C[C@@]7(CCCOC7)CN6C(=O)[C@@H](C)C(C)C)[nH]5)ccc3-4)[nH]2)C[C@@H]2CCCC[C@@H]21)C(C)C.S.S.S.S.S.S.S. The van der Waals surface area contributed by atoms with Crippen molar-refractivity contribution < 1.29 is 28.6 Å². The van der Waals surface area contributed by atoms with Gasteiger partial charge in [0.1, 0.15) is 30.0 Å². The fourth-order valence-corrected chi connectivity index (χ4v) is 10.8.